The van der Waals surface area contributed by atoms with Crippen LogP contribution in [0, 0.1) is 17.3 Å². The fraction of sp³-hybridized carbons (Fsp3) is 1.00. The fourth-order valence-electron chi connectivity index (χ4n) is 4.07. The molecule has 1 unspecified atom stereocenters. The van der Waals surface area contributed by atoms with Gasteiger partial charge >= 0.3 is 0 Å². The molecular formula is C14H27NO. The summed E-state index contributed by atoms with van der Waals surface area (Å²) in [6.45, 7) is 7.34. The average Bonchev–Trinajstić information content (AvgIpc) is 2.26. The van der Waals surface area contributed by atoms with Gasteiger partial charge in [0.1, 0.15) is 0 Å². The van der Waals surface area contributed by atoms with Crippen LogP contribution in [0.3, 0.4) is 0 Å². The van der Waals surface area contributed by atoms with Gasteiger partial charge in [-0.2, -0.15) is 0 Å². The number of aliphatic hydroxyl groups is 1. The molecule has 0 saturated heterocycles. The summed E-state index contributed by atoms with van der Waals surface area (Å²) in [7, 11) is 0. The Morgan fingerprint density at radius 2 is 2.00 bits per heavy atom. The Hall–Kier alpha value is -0.0800. The highest BCUT2D eigenvalue weighted by Crippen LogP contribution is 2.57. The molecule has 0 heterocycles. The minimum absolute atomic E-state index is 0.301. The quantitative estimate of drug-likeness (QED) is 0.770. The maximum Gasteiger partial charge on any atom is 0.0445 e. The number of rotatable bonds is 4. The maximum atomic E-state index is 8.96. The average molecular weight is 225 g/mol. The standard InChI is InChI=1S/C14H27NO/c1-10(8-9-16)15-13-11-6-4-5-7-12(11)14(13,2)3/h10-13,15-16H,4-9H2,1-3H3/t10-,11-,12+,13?/m1/s1. The van der Waals surface area contributed by atoms with Gasteiger partial charge in [-0.05, 0) is 43.4 Å². The summed E-state index contributed by atoms with van der Waals surface area (Å²) in [6.07, 6.45) is 6.58. The first-order chi connectivity index (χ1) is 7.57. The lowest BCUT2D eigenvalue weighted by Gasteiger charge is -2.62. The fourth-order valence-corrected chi connectivity index (χ4v) is 4.07. The minimum Gasteiger partial charge on any atom is -0.396 e. The van der Waals surface area contributed by atoms with Crippen molar-refractivity contribution in [1.29, 1.82) is 0 Å². The topological polar surface area (TPSA) is 32.3 Å². The van der Waals surface area contributed by atoms with Crippen molar-refractivity contribution in [3.8, 4) is 0 Å². The molecule has 2 nitrogen and oxygen atoms in total. The van der Waals surface area contributed by atoms with E-state index in [9.17, 15) is 0 Å². The van der Waals surface area contributed by atoms with Crippen molar-refractivity contribution in [2.75, 3.05) is 6.61 Å². The van der Waals surface area contributed by atoms with E-state index in [1.807, 2.05) is 0 Å². The van der Waals surface area contributed by atoms with Gasteiger partial charge in [0.25, 0.3) is 0 Å². The Balaban J connectivity index is 1.93. The van der Waals surface area contributed by atoms with E-state index in [1.54, 1.807) is 0 Å². The smallest absolute Gasteiger partial charge is 0.0445 e. The van der Waals surface area contributed by atoms with Crippen molar-refractivity contribution in [1.82, 2.24) is 5.32 Å². The van der Waals surface area contributed by atoms with Crippen LogP contribution in [0.1, 0.15) is 52.9 Å². The zero-order valence-corrected chi connectivity index (χ0v) is 11.0. The van der Waals surface area contributed by atoms with Crippen molar-refractivity contribution in [2.24, 2.45) is 17.3 Å². The van der Waals surface area contributed by atoms with Gasteiger partial charge in [0.15, 0.2) is 0 Å². The van der Waals surface area contributed by atoms with E-state index in [4.69, 9.17) is 5.11 Å². The van der Waals surface area contributed by atoms with Crippen LogP contribution < -0.4 is 5.32 Å². The molecule has 2 rings (SSSR count). The van der Waals surface area contributed by atoms with Crippen LogP contribution in [0.25, 0.3) is 0 Å². The van der Waals surface area contributed by atoms with Crippen molar-refractivity contribution in [2.45, 2.75) is 65.0 Å². The molecular weight excluding hydrogens is 198 g/mol. The highest BCUT2D eigenvalue weighted by Gasteiger charge is 2.56. The lowest BCUT2D eigenvalue weighted by atomic mass is 9.47. The van der Waals surface area contributed by atoms with Crippen molar-refractivity contribution in [3.63, 3.8) is 0 Å². The van der Waals surface area contributed by atoms with E-state index < -0.39 is 0 Å². The molecule has 2 heteroatoms. The van der Waals surface area contributed by atoms with Gasteiger partial charge in [0.05, 0.1) is 0 Å². The van der Waals surface area contributed by atoms with E-state index in [0.717, 1.165) is 18.3 Å². The Bertz CT molecular complexity index is 239. The van der Waals surface area contributed by atoms with Gasteiger partial charge < -0.3 is 10.4 Å². The monoisotopic (exact) mass is 225 g/mol. The van der Waals surface area contributed by atoms with Gasteiger partial charge in [-0.15, -0.1) is 0 Å². The number of aliphatic hydroxyl groups excluding tert-OH is 1. The predicted molar refractivity (Wildman–Crippen MR) is 67.3 cm³/mol. The molecule has 0 aliphatic heterocycles. The molecule has 2 aliphatic rings. The molecule has 4 atom stereocenters. The molecule has 0 spiro atoms. The molecule has 0 aromatic carbocycles. The van der Waals surface area contributed by atoms with Crippen molar-refractivity contribution in [3.05, 3.63) is 0 Å². The SMILES string of the molecule is C[C@H](CCO)NC1[C@@H]2CCCC[C@@H]2C1(C)C. The summed E-state index contributed by atoms with van der Waals surface area (Å²) in [6, 6.07) is 1.14. The zero-order chi connectivity index (χ0) is 11.8. The highest BCUT2D eigenvalue weighted by molar-refractivity contribution is 5.09. The van der Waals surface area contributed by atoms with Crippen LogP contribution in [0.4, 0.5) is 0 Å². The van der Waals surface area contributed by atoms with Crippen molar-refractivity contribution >= 4 is 0 Å². The Morgan fingerprint density at radius 1 is 1.31 bits per heavy atom. The molecule has 2 fully saturated rings. The van der Waals surface area contributed by atoms with Crippen LogP contribution in [0.5, 0.6) is 0 Å². The summed E-state index contributed by atoms with van der Waals surface area (Å²) in [5, 5.41) is 12.7. The summed E-state index contributed by atoms with van der Waals surface area (Å²) >= 11 is 0. The lowest BCUT2D eigenvalue weighted by molar-refractivity contribution is -0.0917. The van der Waals surface area contributed by atoms with Crippen LogP contribution >= 0.6 is 0 Å². The summed E-state index contributed by atoms with van der Waals surface area (Å²) in [5.74, 6) is 1.85. The van der Waals surface area contributed by atoms with Gasteiger partial charge in [-0.25, -0.2) is 0 Å². The third-order valence-corrected chi connectivity index (χ3v) is 5.03. The molecule has 2 aliphatic carbocycles. The second-order valence-electron chi connectivity index (χ2n) is 6.43. The van der Waals surface area contributed by atoms with E-state index in [0.29, 0.717) is 24.1 Å². The number of fused-ring (bicyclic) bond motifs is 1. The number of hydrogen-bond acceptors (Lipinski definition) is 2. The minimum atomic E-state index is 0.301. The summed E-state index contributed by atoms with van der Waals surface area (Å²) in [5.41, 5.74) is 0.467. The molecule has 0 bridgehead atoms. The third kappa shape index (κ3) is 2.02. The van der Waals surface area contributed by atoms with E-state index in [2.05, 4.69) is 26.1 Å². The van der Waals surface area contributed by atoms with Crippen LogP contribution in [-0.2, 0) is 0 Å². The van der Waals surface area contributed by atoms with E-state index >= 15 is 0 Å². The number of nitrogens with one attached hydrogen (secondary N) is 1. The van der Waals surface area contributed by atoms with Gasteiger partial charge in [0, 0.05) is 18.7 Å². The van der Waals surface area contributed by atoms with E-state index in [-0.39, 0.29) is 0 Å². The van der Waals surface area contributed by atoms with Crippen LogP contribution in [0.2, 0.25) is 0 Å². The van der Waals surface area contributed by atoms with Gasteiger partial charge in [-0.3, -0.25) is 0 Å². The zero-order valence-electron chi connectivity index (χ0n) is 11.0. The molecule has 2 N–H and O–H groups in total. The van der Waals surface area contributed by atoms with Crippen LogP contribution in [-0.4, -0.2) is 23.8 Å². The first-order valence-electron chi connectivity index (χ1n) is 6.94. The van der Waals surface area contributed by atoms with Gasteiger partial charge in [-0.1, -0.05) is 26.7 Å². The molecule has 2 saturated carbocycles. The molecule has 0 aromatic rings. The van der Waals surface area contributed by atoms with E-state index in [1.165, 1.54) is 25.7 Å². The first kappa shape index (κ1) is 12.4. The van der Waals surface area contributed by atoms with Crippen molar-refractivity contribution < 1.29 is 5.11 Å². The molecule has 94 valence electrons. The molecule has 0 aromatic heterocycles. The second-order valence-corrected chi connectivity index (χ2v) is 6.43. The Labute approximate surface area is 99.8 Å². The first-order valence-corrected chi connectivity index (χ1v) is 6.94. The Kier molecular flexibility index (Phi) is 3.60. The summed E-state index contributed by atoms with van der Waals surface area (Å²) < 4.78 is 0. The highest BCUT2D eigenvalue weighted by atomic mass is 16.3. The molecule has 0 amide bonds. The summed E-state index contributed by atoms with van der Waals surface area (Å²) in [4.78, 5) is 0. The van der Waals surface area contributed by atoms with Crippen LogP contribution in [0.15, 0.2) is 0 Å². The normalized spacial score (nSPS) is 38.6. The largest absolute Gasteiger partial charge is 0.396 e. The maximum absolute atomic E-state index is 8.96. The number of hydrogen-bond donors (Lipinski definition) is 2. The lowest BCUT2D eigenvalue weighted by Crippen LogP contribution is -2.66. The molecule has 0 radical (unpaired) electrons. The molecule has 16 heavy (non-hydrogen) atoms. The second kappa shape index (κ2) is 4.66. The predicted octanol–water partition coefficient (Wildman–Crippen LogP) is 2.56. The Morgan fingerprint density at radius 3 is 2.69 bits per heavy atom. The van der Waals surface area contributed by atoms with Gasteiger partial charge in [0.2, 0.25) is 0 Å². The third-order valence-electron chi connectivity index (χ3n) is 5.03.